The molecule has 0 aromatic carbocycles. The molecule has 6 heteroatoms. The van der Waals surface area contributed by atoms with Crippen molar-refractivity contribution in [3.05, 3.63) is 0 Å². The second-order valence-corrected chi connectivity index (χ2v) is 7.47. The number of likely N-dealkylation sites (tertiary alicyclic amines) is 2. The predicted octanol–water partition coefficient (Wildman–Crippen LogP) is 3.51. The lowest BCUT2D eigenvalue weighted by atomic mass is 9.91. The highest BCUT2D eigenvalue weighted by Gasteiger charge is 2.29. The fourth-order valence-corrected chi connectivity index (χ4v) is 3.79. The Morgan fingerprint density at radius 3 is 2.48 bits per heavy atom. The molecule has 0 N–H and O–H groups in total. The zero-order valence-corrected chi connectivity index (χ0v) is 16.4. The summed E-state index contributed by atoms with van der Waals surface area (Å²) in [5.74, 6) is 0.539. The van der Waals surface area contributed by atoms with Gasteiger partial charge in [0.05, 0.1) is 12.3 Å². The lowest BCUT2D eigenvalue weighted by Gasteiger charge is -2.37. The Hall–Kier alpha value is -1.30. The van der Waals surface area contributed by atoms with Crippen molar-refractivity contribution in [1.82, 2.24) is 9.80 Å². The Bertz CT molecular complexity index is 445. The van der Waals surface area contributed by atoms with Gasteiger partial charge in [-0.2, -0.15) is 0 Å². The Morgan fingerprint density at radius 2 is 1.84 bits per heavy atom. The first kappa shape index (κ1) is 20.0. The van der Waals surface area contributed by atoms with Gasteiger partial charge in [-0.25, -0.2) is 4.79 Å². The van der Waals surface area contributed by atoms with E-state index in [2.05, 4.69) is 17.0 Å². The first-order valence-corrected chi connectivity index (χ1v) is 9.87. The summed E-state index contributed by atoms with van der Waals surface area (Å²) in [5, 5.41) is 4.29. The molecule has 1 unspecified atom stereocenters. The van der Waals surface area contributed by atoms with Crippen LogP contribution in [-0.2, 0) is 9.57 Å². The van der Waals surface area contributed by atoms with Crippen molar-refractivity contribution < 1.29 is 14.4 Å². The summed E-state index contributed by atoms with van der Waals surface area (Å²) in [5.41, 5.74) is 1.13. The molecule has 2 saturated heterocycles. The van der Waals surface area contributed by atoms with Crippen molar-refractivity contribution in [1.29, 1.82) is 0 Å². The van der Waals surface area contributed by atoms with E-state index in [4.69, 9.17) is 9.57 Å². The molecule has 0 radical (unpaired) electrons. The highest BCUT2D eigenvalue weighted by molar-refractivity contribution is 5.83. The third-order valence-electron chi connectivity index (χ3n) is 5.27. The molecule has 0 spiro atoms. The minimum Gasteiger partial charge on any atom is -0.450 e. The summed E-state index contributed by atoms with van der Waals surface area (Å²) in [4.78, 5) is 21.8. The number of carbonyl (C=O) groups is 1. The zero-order chi connectivity index (χ0) is 18.2. The van der Waals surface area contributed by atoms with Crippen LogP contribution in [-0.4, -0.2) is 66.5 Å². The largest absolute Gasteiger partial charge is 0.450 e. The van der Waals surface area contributed by atoms with Crippen molar-refractivity contribution in [3.8, 4) is 0 Å². The molecule has 1 atom stereocenters. The Kier molecular flexibility index (Phi) is 8.00. The number of oxime groups is 1. The van der Waals surface area contributed by atoms with Crippen molar-refractivity contribution in [2.24, 2.45) is 11.1 Å². The molecule has 2 aliphatic heterocycles. The number of hydrogen-bond acceptors (Lipinski definition) is 5. The SMILES string of the molecule is CCOC(=O)N1CCCC(N2CCC(C(C)=NOC(C)C)CC2)CC1. The van der Waals surface area contributed by atoms with E-state index in [0.29, 0.717) is 18.6 Å². The summed E-state index contributed by atoms with van der Waals surface area (Å²) < 4.78 is 5.15. The maximum Gasteiger partial charge on any atom is 0.409 e. The lowest BCUT2D eigenvalue weighted by molar-refractivity contribution is 0.0822. The van der Waals surface area contributed by atoms with Crippen LogP contribution in [0.3, 0.4) is 0 Å². The van der Waals surface area contributed by atoms with Gasteiger partial charge in [0.25, 0.3) is 0 Å². The number of piperidine rings is 1. The molecule has 2 aliphatic rings. The molecule has 1 amide bonds. The molecule has 6 nitrogen and oxygen atoms in total. The molecule has 144 valence electrons. The van der Waals surface area contributed by atoms with E-state index in [9.17, 15) is 4.79 Å². The van der Waals surface area contributed by atoms with Crippen molar-refractivity contribution in [2.45, 2.75) is 71.9 Å². The molecule has 2 fully saturated rings. The monoisotopic (exact) mass is 353 g/mol. The molecule has 0 aliphatic carbocycles. The number of ether oxygens (including phenoxy) is 1. The van der Waals surface area contributed by atoms with Crippen LogP contribution >= 0.6 is 0 Å². The molecule has 25 heavy (non-hydrogen) atoms. The molecular weight excluding hydrogens is 318 g/mol. The van der Waals surface area contributed by atoms with Gasteiger partial charge < -0.3 is 19.4 Å². The van der Waals surface area contributed by atoms with E-state index in [1.807, 2.05) is 25.7 Å². The highest BCUT2D eigenvalue weighted by atomic mass is 16.6. The minimum atomic E-state index is -0.154. The number of hydrogen-bond donors (Lipinski definition) is 0. The molecule has 0 saturated carbocycles. The normalized spacial score (nSPS) is 24.3. The minimum absolute atomic E-state index is 0.142. The van der Waals surface area contributed by atoms with Crippen LogP contribution in [0.1, 0.15) is 59.8 Å². The van der Waals surface area contributed by atoms with Gasteiger partial charge in [0, 0.05) is 25.0 Å². The lowest BCUT2D eigenvalue weighted by Crippen LogP contribution is -2.43. The van der Waals surface area contributed by atoms with Crippen LogP contribution in [0.15, 0.2) is 5.16 Å². The maximum atomic E-state index is 11.9. The topological polar surface area (TPSA) is 54.4 Å². The summed E-state index contributed by atoms with van der Waals surface area (Å²) in [6.45, 7) is 12.3. The van der Waals surface area contributed by atoms with Gasteiger partial charge in [0.2, 0.25) is 0 Å². The Morgan fingerprint density at radius 1 is 1.12 bits per heavy atom. The van der Waals surface area contributed by atoms with Gasteiger partial charge in [-0.05, 0) is 72.9 Å². The predicted molar refractivity (Wildman–Crippen MR) is 99.9 cm³/mol. The van der Waals surface area contributed by atoms with Crippen LogP contribution in [0.4, 0.5) is 4.79 Å². The molecule has 2 heterocycles. The van der Waals surface area contributed by atoms with Gasteiger partial charge in [0.15, 0.2) is 0 Å². The molecule has 2 rings (SSSR count). The molecule has 0 bridgehead atoms. The van der Waals surface area contributed by atoms with Crippen LogP contribution in [0.25, 0.3) is 0 Å². The molecule has 0 aromatic heterocycles. The van der Waals surface area contributed by atoms with Crippen molar-refractivity contribution in [3.63, 3.8) is 0 Å². The van der Waals surface area contributed by atoms with E-state index in [-0.39, 0.29) is 12.2 Å². The van der Waals surface area contributed by atoms with E-state index in [1.165, 1.54) is 6.42 Å². The molecular formula is C19H35N3O3. The van der Waals surface area contributed by atoms with Crippen molar-refractivity contribution >= 4 is 11.8 Å². The van der Waals surface area contributed by atoms with Gasteiger partial charge in [-0.15, -0.1) is 0 Å². The average Bonchev–Trinajstić information content (AvgIpc) is 2.86. The second-order valence-electron chi connectivity index (χ2n) is 7.47. The average molecular weight is 354 g/mol. The van der Waals surface area contributed by atoms with E-state index < -0.39 is 0 Å². The Labute approximate surface area is 152 Å². The summed E-state index contributed by atoms with van der Waals surface area (Å²) in [6, 6.07) is 0.588. The third-order valence-corrected chi connectivity index (χ3v) is 5.27. The van der Waals surface area contributed by atoms with Gasteiger partial charge in [-0.3, -0.25) is 0 Å². The van der Waals surface area contributed by atoms with Crippen LogP contribution in [0, 0.1) is 5.92 Å². The quantitative estimate of drug-likeness (QED) is 0.561. The molecule has 0 aromatic rings. The van der Waals surface area contributed by atoms with Gasteiger partial charge in [-0.1, -0.05) is 5.16 Å². The zero-order valence-electron chi connectivity index (χ0n) is 16.4. The number of nitrogens with zero attached hydrogens (tertiary/aromatic N) is 3. The number of carbonyl (C=O) groups excluding carboxylic acids is 1. The van der Waals surface area contributed by atoms with Crippen molar-refractivity contribution in [2.75, 3.05) is 32.8 Å². The fraction of sp³-hybridized carbons (Fsp3) is 0.895. The second kappa shape index (κ2) is 10.00. The standard InChI is InChI=1S/C19H35N3O3/c1-5-24-19(23)22-11-6-7-18(10-14-22)21-12-8-17(9-13-21)16(4)20-25-15(2)3/h15,17-18H,5-14H2,1-4H3. The van der Waals surface area contributed by atoms with Gasteiger partial charge >= 0.3 is 6.09 Å². The van der Waals surface area contributed by atoms with E-state index in [0.717, 1.165) is 57.6 Å². The third kappa shape index (κ3) is 6.17. The van der Waals surface area contributed by atoms with Crippen LogP contribution in [0.2, 0.25) is 0 Å². The first-order chi connectivity index (χ1) is 12.0. The van der Waals surface area contributed by atoms with Crippen LogP contribution < -0.4 is 0 Å². The fourth-order valence-electron chi connectivity index (χ4n) is 3.79. The number of amides is 1. The van der Waals surface area contributed by atoms with Crippen LogP contribution in [0.5, 0.6) is 0 Å². The van der Waals surface area contributed by atoms with Gasteiger partial charge in [0.1, 0.15) is 6.10 Å². The summed E-state index contributed by atoms with van der Waals surface area (Å²) in [6.07, 6.45) is 5.56. The summed E-state index contributed by atoms with van der Waals surface area (Å²) in [7, 11) is 0. The van der Waals surface area contributed by atoms with E-state index in [1.54, 1.807) is 0 Å². The smallest absolute Gasteiger partial charge is 0.409 e. The highest BCUT2D eigenvalue weighted by Crippen LogP contribution is 2.25. The van der Waals surface area contributed by atoms with E-state index >= 15 is 0 Å². The number of rotatable bonds is 5. The first-order valence-electron chi connectivity index (χ1n) is 9.87. The Balaban J connectivity index is 1.79. The summed E-state index contributed by atoms with van der Waals surface area (Å²) >= 11 is 0. The maximum absolute atomic E-state index is 11.9.